The first-order valence-electron chi connectivity index (χ1n) is 9.47. The maximum Gasteiger partial charge on any atom is 0.319 e. The van der Waals surface area contributed by atoms with Gasteiger partial charge in [-0.05, 0) is 36.8 Å². The summed E-state index contributed by atoms with van der Waals surface area (Å²) in [6.45, 7) is 5.90. The minimum Gasteiger partial charge on any atom is -0.334 e. The Bertz CT molecular complexity index is 995. The molecule has 1 aromatic heterocycles. The zero-order valence-corrected chi connectivity index (χ0v) is 16.8. The maximum absolute atomic E-state index is 12.3. The lowest BCUT2D eigenvalue weighted by atomic mass is 10.1. The standard InChI is InChI=1S/C22H25N5O2/c1-15(2)21(28)25-18-10-9-16(3)20(11-18)26-22(29)23-12-17-13-24-27(14-17)19-7-5-4-6-8-19/h4-11,13-15H,12H2,1-3H3,(H,25,28)(H2,23,26,29). The second-order valence-corrected chi connectivity index (χ2v) is 7.11. The van der Waals surface area contributed by atoms with E-state index in [1.54, 1.807) is 16.9 Å². The number of hydrogen-bond donors (Lipinski definition) is 3. The molecule has 0 atom stereocenters. The molecule has 3 amide bonds. The molecule has 0 aliphatic carbocycles. The van der Waals surface area contributed by atoms with Gasteiger partial charge in [0.25, 0.3) is 0 Å². The first-order valence-corrected chi connectivity index (χ1v) is 9.47. The molecule has 0 aliphatic rings. The first kappa shape index (κ1) is 20.1. The van der Waals surface area contributed by atoms with Crippen LogP contribution in [0, 0.1) is 12.8 Å². The lowest BCUT2D eigenvalue weighted by Gasteiger charge is -2.13. The Morgan fingerprint density at radius 2 is 1.83 bits per heavy atom. The molecule has 3 aromatic rings. The van der Waals surface area contributed by atoms with E-state index in [9.17, 15) is 9.59 Å². The summed E-state index contributed by atoms with van der Waals surface area (Å²) in [7, 11) is 0. The molecule has 0 bridgehead atoms. The van der Waals surface area contributed by atoms with Crippen LogP contribution in [0.25, 0.3) is 5.69 Å². The van der Waals surface area contributed by atoms with Crippen molar-refractivity contribution in [3.8, 4) is 5.69 Å². The van der Waals surface area contributed by atoms with Crippen LogP contribution in [-0.2, 0) is 11.3 Å². The number of para-hydroxylation sites is 1. The van der Waals surface area contributed by atoms with Gasteiger partial charge in [0, 0.05) is 35.6 Å². The van der Waals surface area contributed by atoms with Crippen LogP contribution in [0.5, 0.6) is 0 Å². The lowest BCUT2D eigenvalue weighted by Crippen LogP contribution is -2.28. The molecular weight excluding hydrogens is 366 g/mol. The van der Waals surface area contributed by atoms with Crippen molar-refractivity contribution < 1.29 is 9.59 Å². The van der Waals surface area contributed by atoms with Gasteiger partial charge in [-0.15, -0.1) is 0 Å². The molecule has 7 heteroatoms. The van der Waals surface area contributed by atoms with Gasteiger partial charge in [0.05, 0.1) is 11.9 Å². The Balaban J connectivity index is 1.58. The molecule has 0 saturated heterocycles. The molecular formula is C22H25N5O2. The van der Waals surface area contributed by atoms with Gasteiger partial charge in [0.1, 0.15) is 0 Å². The van der Waals surface area contributed by atoms with E-state index in [4.69, 9.17) is 0 Å². The van der Waals surface area contributed by atoms with Crippen molar-refractivity contribution >= 4 is 23.3 Å². The highest BCUT2D eigenvalue weighted by Crippen LogP contribution is 2.21. The number of carbonyl (C=O) groups excluding carboxylic acids is 2. The van der Waals surface area contributed by atoms with Crippen LogP contribution in [0.4, 0.5) is 16.2 Å². The van der Waals surface area contributed by atoms with E-state index in [1.165, 1.54) is 0 Å². The number of carbonyl (C=O) groups is 2. The smallest absolute Gasteiger partial charge is 0.319 e. The SMILES string of the molecule is Cc1ccc(NC(=O)C(C)C)cc1NC(=O)NCc1cnn(-c2ccccc2)c1. The molecule has 0 radical (unpaired) electrons. The predicted octanol–water partition coefficient (Wildman–Crippen LogP) is 4.10. The molecule has 2 aromatic carbocycles. The largest absolute Gasteiger partial charge is 0.334 e. The average Bonchev–Trinajstić information content (AvgIpc) is 3.18. The normalized spacial score (nSPS) is 10.6. The number of anilines is 2. The van der Waals surface area contributed by atoms with Gasteiger partial charge in [-0.2, -0.15) is 5.10 Å². The molecule has 0 unspecified atom stereocenters. The van der Waals surface area contributed by atoms with Crippen molar-refractivity contribution in [2.45, 2.75) is 27.3 Å². The maximum atomic E-state index is 12.3. The van der Waals surface area contributed by atoms with Crippen molar-refractivity contribution in [1.29, 1.82) is 0 Å². The molecule has 3 rings (SSSR count). The van der Waals surface area contributed by atoms with Crippen LogP contribution < -0.4 is 16.0 Å². The van der Waals surface area contributed by atoms with Gasteiger partial charge >= 0.3 is 6.03 Å². The number of rotatable bonds is 6. The molecule has 1 heterocycles. The molecule has 150 valence electrons. The third-order valence-corrected chi connectivity index (χ3v) is 4.39. The van der Waals surface area contributed by atoms with E-state index < -0.39 is 0 Å². The van der Waals surface area contributed by atoms with Crippen LogP contribution in [-0.4, -0.2) is 21.7 Å². The summed E-state index contributed by atoms with van der Waals surface area (Å²) >= 11 is 0. The number of amides is 3. The summed E-state index contributed by atoms with van der Waals surface area (Å²) in [5.74, 6) is -0.188. The fraction of sp³-hybridized carbons (Fsp3) is 0.227. The number of nitrogens with one attached hydrogen (secondary N) is 3. The van der Waals surface area contributed by atoms with Gasteiger partial charge in [-0.25, -0.2) is 9.48 Å². The van der Waals surface area contributed by atoms with Gasteiger partial charge < -0.3 is 16.0 Å². The van der Waals surface area contributed by atoms with Crippen molar-refractivity contribution in [1.82, 2.24) is 15.1 Å². The quantitative estimate of drug-likeness (QED) is 0.591. The van der Waals surface area contributed by atoms with Crippen molar-refractivity contribution in [3.05, 3.63) is 72.1 Å². The first-order chi connectivity index (χ1) is 13.9. The van der Waals surface area contributed by atoms with Crippen molar-refractivity contribution in [3.63, 3.8) is 0 Å². The van der Waals surface area contributed by atoms with E-state index in [2.05, 4.69) is 21.0 Å². The summed E-state index contributed by atoms with van der Waals surface area (Å²) in [6, 6.07) is 14.9. The average molecular weight is 391 g/mol. The van der Waals surface area contributed by atoms with Gasteiger partial charge in [0.2, 0.25) is 5.91 Å². The molecule has 0 spiro atoms. The van der Waals surface area contributed by atoms with Gasteiger partial charge in [-0.1, -0.05) is 38.1 Å². The number of hydrogen-bond acceptors (Lipinski definition) is 3. The number of benzene rings is 2. The van der Waals surface area contributed by atoms with E-state index in [1.807, 2.05) is 69.4 Å². The monoisotopic (exact) mass is 391 g/mol. The summed E-state index contributed by atoms with van der Waals surface area (Å²) in [5.41, 5.74) is 4.04. The Labute approximate surface area is 170 Å². The highest BCUT2D eigenvalue weighted by Gasteiger charge is 2.10. The Hall–Kier alpha value is -3.61. The van der Waals surface area contributed by atoms with Crippen molar-refractivity contribution in [2.75, 3.05) is 10.6 Å². The topological polar surface area (TPSA) is 88.1 Å². The van der Waals surface area contributed by atoms with Crippen LogP contribution in [0.2, 0.25) is 0 Å². The fourth-order valence-electron chi connectivity index (χ4n) is 2.64. The Morgan fingerprint density at radius 3 is 2.55 bits per heavy atom. The molecule has 0 saturated carbocycles. The third kappa shape index (κ3) is 5.44. The molecule has 3 N–H and O–H groups in total. The number of urea groups is 1. The Morgan fingerprint density at radius 1 is 1.07 bits per heavy atom. The lowest BCUT2D eigenvalue weighted by molar-refractivity contribution is -0.118. The third-order valence-electron chi connectivity index (χ3n) is 4.39. The van der Waals surface area contributed by atoms with Crippen molar-refractivity contribution in [2.24, 2.45) is 5.92 Å². The molecule has 0 fully saturated rings. The second kappa shape index (κ2) is 9.05. The predicted molar refractivity (Wildman–Crippen MR) is 114 cm³/mol. The number of aryl methyl sites for hydroxylation is 1. The zero-order chi connectivity index (χ0) is 20.8. The van der Waals surface area contributed by atoms with E-state index in [-0.39, 0.29) is 17.9 Å². The van der Waals surface area contributed by atoms with Crippen LogP contribution >= 0.6 is 0 Å². The minimum atomic E-state index is -0.326. The minimum absolute atomic E-state index is 0.0697. The second-order valence-electron chi connectivity index (χ2n) is 7.11. The fourth-order valence-corrected chi connectivity index (χ4v) is 2.64. The summed E-state index contributed by atoms with van der Waals surface area (Å²) in [5, 5.41) is 12.8. The van der Waals surface area contributed by atoms with Crippen LogP contribution in [0.15, 0.2) is 60.9 Å². The van der Waals surface area contributed by atoms with Crippen LogP contribution in [0.1, 0.15) is 25.0 Å². The van der Waals surface area contributed by atoms with E-state index >= 15 is 0 Å². The van der Waals surface area contributed by atoms with E-state index in [0.29, 0.717) is 17.9 Å². The molecule has 0 aliphatic heterocycles. The Kier molecular flexibility index (Phi) is 6.29. The summed E-state index contributed by atoms with van der Waals surface area (Å²) in [6.07, 6.45) is 3.60. The number of aromatic nitrogens is 2. The van der Waals surface area contributed by atoms with E-state index in [0.717, 1.165) is 16.8 Å². The van der Waals surface area contributed by atoms with Gasteiger partial charge in [-0.3, -0.25) is 4.79 Å². The summed E-state index contributed by atoms with van der Waals surface area (Å²) in [4.78, 5) is 24.2. The highest BCUT2D eigenvalue weighted by molar-refractivity contribution is 5.94. The van der Waals surface area contributed by atoms with Gasteiger partial charge in [0.15, 0.2) is 0 Å². The number of nitrogens with zero attached hydrogens (tertiary/aromatic N) is 2. The summed E-state index contributed by atoms with van der Waals surface area (Å²) < 4.78 is 1.76. The zero-order valence-electron chi connectivity index (χ0n) is 16.8. The van der Waals surface area contributed by atoms with Crippen LogP contribution in [0.3, 0.4) is 0 Å². The molecule has 29 heavy (non-hydrogen) atoms. The molecule has 7 nitrogen and oxygen atoms in total. The highest BCUT2D eigenvalue weighted by atomic mass is 16.2.